The number of oxime groups is 1. The van der Waals surface area contributed by atoms with Gasteiger partial charge in [0.2, 0.25) is 0 Å². The van der Waals surface area contributed by atoms with Crippen molar-refractivity contribution in [3.05, 3.63) is 34.9 Å². The summed E-state index contributed by atoms with van der Waals surface area (Å²) < 4.78 is 0. The van der Waals surface area contributed by atoms with Gasteiger partial charge < -0.3 is 4.84 Å². The summed E-state index contributed by atoms with van der Waals surface area (Å²) in [5.41, 5.74) is 1.61. The number of halogens is 2. The van der Waals surface area contributed by atoms with E-state index in [2.05, 4.69) is 9.99 Å². The van der Waals surface area contributed by atoms with E-state index >= 15 is 0 Å². The normalized spacial score (nSPS) is 11.5. The van der Waals surface area contributed by atoms with Crippen LogP contribution in [0.5, 0.6) is 0 Å². The predicted molar refractivity (Wildman–Crippen MR) is 55.7 cm³/mol. The molecule has 0 heterocycles. The highest BCUT2D eigenvalue weighted by atomic mass is 35.5. The Kier molecular flexibility index (Phi) is 4.06. The first kappa shape index (κ1) is 10.4. The molecule has 0 aromatic heterocycles. The number of hydrogen-bond acceptors (Lipinski definition) is 2. The number of rotatable bonds is 3. The van der Waals surface area contributed by atoms with E-state index in [4.69, 9.17) is 23.2 Å². The van der Waals surface area contributed by atoms with E-state index in [-0.39, 0.29) is 0 Å². The molecule has 0 bridgehead atoms. The zero-order chi connectivity index (χ0) is 9.68. The molecule has 0 saturated heterocycles. The van der Waals surface area contributed by atoms with Gasteiger partial charge in [0.15, 0.2) is 0 Å². The van der Waals surface area contributed by atoms with Gasteiger partial charge in [-0.1, -0.05) is 28.9 Å². The van der Waals surface area contributed by atoms with E-state index in [9.17, 15) is 0 Å². The third kappa shape index (κ3) is 2.90. The summed E-state index contributed by atoms with van der Waals surface area (Å²) in [6.07, 6.45) is 0. The Bertz CT molecular complexity index is 295. The number of alkyl halides is 1. The van der Waals surface area contributed by atoms with Crippen molar-refractivity contribution in [2.75, 3.05) is 13.0 Å². The summed E-state index contributed by atoms with van der Waals surface area (Å²) in [5, 5.41) is 4.47. The van der Waals surface area contributed by atoms with E-state index in [1.807, 2.05) is 12.1 Å². The SMILES string of the molecule is CO/N=C(/CCl)c1ccc(Cl)cc1. The van der Waals surface area contributed by atoms with E-state index in [0.29, 0.717) is 16.6 Å². The fourth-order valence-electron chi connectivity index (χ4n) is 0.907. The molecule has 0 atom stereocenters. The van der Waals surface area contributed by atoms with Crippen molar-refractivity contribution in [3.63, 3.8) is 0 Å². The Morgan fingerprint density at radius 3 is 2.46 bits per heavy atom. The topological polar surface area (TPSA) is 21.6 Å². The Balaban J connectivity index is 2.92. The predicted octanol–water partition coefficient (Wildman–Crippen LogP) is 2.93. The minimum atomic E-state index is 0.315. The third-order valence-corrected chi connectivity index (χ3v) is 2.01. The van der Waals surface area contributed by atoms with Gasteiger partial charge in [0, 0.05) is 10.6 Å². The maximum atomic E-state index is 5.73. The first-order chi connectivity index (χ1) is 6.27. The fourth-order valence-corrected chi connectivity index (χ4v) is 1.24. The van der Waals surface area contributed by atoms with Crippen LogP contribution >= 0.6 is 23.2 Å². The van der Waals surface area contributed by atoms with Crippen molar-refractivity contribution in [3.8, 4) is 0 Å². The lowest BCUT2D eigenvalue weighted by atomic mass is 10.1. The van der Waals surface area contributed by atoms with E-state index in [1.165, 1.54) is 7.11 Å². The average Bonchev–Trinajstić information content (AvgIpc) is 2.16. The van der Waals surface area contributed by atoms with Gasteiger partial charge in [0.05, 0.1) is 5.88 Å². The van der Waals surface area contributed by atoms with Crippen LogP contribution in [-0.2, 0) is 4.84 Å². The molecule has 0 N–H and O–H groups in total. The lowest BCUT2D eigenvalue weighted by molar-refractivity contribution is 0.213. The maximum absolute atomic E-state index is 5.73. The van der Waals surface area contributed by atoms with E-state index in [0.717, 1.165) is 5.56 Å². The Morgan fingerprint density at radius 1 is 1.38 bits per heavy atom. The zero-order valence-electron chi connectivity index (χ0n) is 7.13. The molecule has 2 nitrogen and oxygen atoms in total. The first-order valence-corrected chi connectivity index (χ1v) is 4.61. The molecule has 0 aliphatic heterocycles. The summed E-state index contributed by atoms with van der Waals surface area (Å²) in [5.74, 6) is 0.315. The molecule has 70 valence electrons. The molecule has 1 aromatic rings. The lowest BCUT2D eigenvalue weighted by Crippen LogP contribution is -2.02. The van der Waals surface area contributed by atoms with Crippen LogP contribution in [0, 0.1) is 0 Å². The summed E-state index contributed by atoms with van der Waals surface area (Å²) in [7, 11) is 1.49. The molecule has 0 unspecified atom stereocenters. The number of hydrogen-bond donors (Lipinski definition) is 0. The summed E-state index contributed by atoms with van der Waals surface area (Å²) in [6.45, 7) is 0. The van der Waals surface area contributed by atoms with Gasteiger partial charge >= 0.3 is 0 Å². The Labute approximate surface area is 87.1 Å². The van der Waals surface area contributed by atoms with Crippen molar-refractivity contribution in [1.82, 2.24) is 0 Å². The van der Waals surface area contributed by atoms with Crippen molar-refractivity contribution >= 4 is 28.9 Å². The van der Waals surface area contributed by atoms with Crippen LogP contribution < -0.4 is 0 Å². The Hall–Kier alpha value is -0.730. The molecule has 1 aromatic carbocycles. The summed E-state index contributed by atoms with van der Waals surface area (Å²) in [6, 6.07) is 7.27. The molecule has 0 spiro atoms. The molecule has 0 fully saturated rings. The first-order valence-electron chi connectivity index (χ1n) is 3.70. The van der Waals surface area contributed by atoms with Crippen LogP contribution in [0.1, 0.15) is 5.56 Å². The van der Waals surface area contributed by atoms with Crippen LogP contribution in [0.4, 0.5) is 0 Å². The van der Waals surface area contributed by atoms with Crippen molar-refractivity contribution in [2.45, 2.75) is 0 Å². The van der Waals surface area contributed by atoms with Gasteiger partial charge in [-0.15, -0.1) is 11.6 Å². The zero-order valence-corrected chi connectivity index (χ0v) is 8.64. The second-order valence-electron chi connectivity index (χ2n) is 2.36. The van der Waals surface area contributed by atoms with Crippen LogP contribution in [-0.4, -0.2) is 18.7 Å². The van der Waals surface area contributed by atoms with Crippen molar-refractivity contribution < 1.29 is 4.84 Å². The maximum Gasteiger partial charge on any atom is 0.106 e. The summed E-state index contributed by atoms with van der Waals surface area (Å²) in [4.78, 5) is 4.65. The van der Waals surface area contributed by atoms with E-state index < -0.39 is 0 Å². The average molecular weight is 218 g/mol. The minimum absolute atomic E-state index is 0.315. The highest BCUT2D eigenvalue weighted by molar-refractivity contribution is 6.32. The summed E-state index contributed by atoms with van der Waals surface area (Å²) >= 11 is 11.4. The number of nitrogens with zero attached hydrogens (tertiary/aromatic N) is 1. The van der Waals surface area contributed by atoms with Gasteiger partial charge in [0.1, 0.15) is 12.8 Å². The van der Waals surface area contributed by atoms with Gasteiger partial charge in [-0.2, -0.15) is 0 Å². The van der Waals surface area contributed by atoms with Crippen molar-refractivity contribution in [2.24, 2.45) is 5.16 Å². The molecular weight excluding hydrogens is 209 g/mol. The molecule has 0 radical (unpaired) electrons. The molecule has 1 rings (SSSR count). The second kappa shape index (κ2) is 5.10. The van der Waals surface area contributed by atoms with Crippen LogP contribution in [0.2, 0.25) is 5.02 Å². The van der Waals surface area contributed by atoms with Crippen LogP contribution in [0.15, 0.2) is 29.4 Å². The molecule has 0 aliphatic carbocycles. The number of benzene rings is 1. The van der Waals surface area contributed by atoms with E-state index in [1.54, 1.807) is 12.1 Å². The monoisotopic (exact) mass is 217 g/mol. The second-order valence-corrected chi connectivity index (χ2v) is 3.06. The minimum Gasteiger partial charge on any atom is -0.399 e. The van der Waals surface area contributed by atoms with Crippen molar-refractivity contribution in [1.29, 1.82) is 0 Å². The smallest absolute Gasteiger partial charge is 0.106 e. The largest absolute Gasteiger partial charge is 0.399 e. The highest BCUT2D eigenvalue weighted by Gasteiger charge is 2.01. The van der Waals surface area contributed by atoms with Gasteiger partial charge in [-0.05, 0) is 12.1 Å². The lowest BCUT2D eigenvalue weighted by Gasteiger charge is -2.01. The molecule has 0 amide bonds. The van der Waals surface area contributed by atoms with Crippen LogP contribution in [0.25, 0.3) is 0 Å². The highest BCUT2D eigenvalue weighted by Crippen LogP contribution is 2.11. The molecular formula is C9H9Cl2NO. The fraction of sp³-hybridized carbons (Fsp3) is 0.222. The van der Waals surface area contributed by atoms with Gasteiger partial charge in [0.25, 0.3) is 0 Å². The Morgan fingerprint density at radius 2 is 2.00 bits per heavy atom. The molecule has 0 saturated carbocycles. The quantitative estimate of drug-likeness (QED) is 0.434. The third-order valence-electron chi connectivity index (χ3n) is 1.51. The standard InChI is InChI=1S/C9H9Cl2NO/c1-13-12-9(6-10)7-2-4-8(11)5-3-7/h2-5H,6H2,1H3/b12-9-. The molecule has 4 heteroatoms. The molecule has 0 aliphatic rings. The van der Waals surface area contributed by atoms with Gasteiger partial charge in [-0.3, -0.25) is 0 Å². The van der Waals surface area contributed by atoms with Crippen LogP contribution in [0.3, 0.4) is 0 Å². The van der Waals surface area contributed by atoms with Gasteiger partial charge in [-0.25, -0.2) is 0 Å². The molecule has 13 heavy (non-hydrogen) atoms.